The standard InChI is InChI=1S/C13H8F3O.BrH.Mg/c14-11-6-10(7-12(15)13(11)16)17-8-9-4-2-1-3-5-9;;/h1-2,4-7H,8H2;1H;/q-1;;+2/p-1. The van der Waals surface area contributed by atoms with E-state index in [0.717, 1.165) is 17.7 Å². The third kappa shape index (κ3) is 5.04. The maximum Gasteiger partial charge on any atom is 2.00 e. The predicted molar refractivity (Wildman–Crippen MR) is 61.7 cm³/mol. The topological polar surface area (TPSA) is 9.23 Å². The number of ether oxygens (including phenoxy) is 1. The summed E-state index contributed by atoms with van der Waals surface area (Å²) in [6, 6.07) is 11.4. The van der Waals surface area contributed by atoms with Gasteiger partial charge >= 0.3 is 23.1 Å². The summed E-state index contributed by atoms with van der Waals surface area (Å²) in [6.45, 7) is 0.141. The van der Waals surface area contributed by atoms with Gasteiger partial charge in [0.2, 0.25) is 0 Å². The zero-order valence-electron chi connectivity index (χ0n) is 9.80. The van der Waals surface area contributed by atoms with Crippen LogP contribution in [-0.4, -0.2) is 23.1 Å². The van der Waals surface area contributed by atoms with Crippen molar-refractivity contribution in [2.45, 2.75) is 6.61 Å². The summed E-state index contributed by atoms with van der Waals surface area (Å²) in [5.41, 5.74) is 0.803. The van der Waals surface area contributed by atoms with Gasteiger partial charge in [0, 0.05) is 12.1 Å². The quantitative estimate of drug-likeness (QED) is 0.437. The van der Waals surface area contributed by atoms with E-state index in [4.69, 9.17) is 4.74 Å². The van der Waals surface area contributed by atoms with Gasteiger partial charge in [0.1, 0.15) is 5.75 Å². The average Bonchev–Trinajstić information content (AvgIpc) is 2.34. The van der Waals surface area contributed by atoms with E-state index < -0.39 is 17.5 Å². The largest absolute Gasteiger partial charge is 2.00 e. The van der Waals surface area contributed by atoms with Crippen LogP contribution in [0.1, 0.15) is 5.56 Å². The van der Waals surface area contributed by atoms with Crippen LogP contribution in [0.3, 0.4) is 0 Å². The van der Waals surface area contributed by atoms with Crippen LogP contribution in [0.25, 0.3) is 0 Å². The fourth-order valence-corrected chi connectivity index (χ4v) is 1.30. The summed E-state index contributed by atoms with van der Waals surface area (Å²) in [5.74, 6) is -4.07. The van der Waals surface area contributed by atoms with Crippen molar-refractivity contribution in [1.29, 1.82) is 0 Å². The summed E-state index contributed by atoms with van der Waals surface area (Å²) in [6.07, 6.45) is 0. The molecule has 1 nitrogen and oxygen atoms in total. The molecule has 0 radical (unpaired) electrons. The molecule has 0 amide bonds. The Kier molecular flexibility index (Phi) is 8.13. The molecule has 2 rings (SSSR count). The molecule has 6 heteroatoms. The van der Waals surface area contributed by atoms with E-state index in [-0.39, 0.29) is 52.4 Å². The second kappa shape index (κ2) is 8.45. The van der Waals surface area contributed by atoms with Gasteiger partial charge in [-0.2, -0.15) is 30.3 Å². The first-order chi connectivity index (χ1) is 8.16. The van der Waals surface area contributed by atoms with Crippen molar-refractivity contribution in [2.75, 3.05) is 0 Å². The Bertz CT molecular complexity index is 500. The number of benzene rings is 2. The molecule has 19 heavy (non-hydrogen) atoms. The van der Waals surface area contributed by atoms with Crippen LogP contribution in [0.4, 0.5) is 13.2 Å². The Hall–Kier alpha value is -0.724. The number of hydrogen-bond acceptors (Lipinski definition) is 1. The van der Waals surface area contributed by atoms with E-state index in [2.05, 4.69) is 6.07 Å². The van der Waals surface area contributed by atoms with Crippen molar-refractivity contribution >= 4 is 23.1 Å². The minimum absolute atomic E-state index is 0. The molecule has 0 N–H and O–H groups in total. The first kappa shape index (κ1) is 18.3. The van der Waals surface area contributed by atoms with Gasteiger partial charge in [-0.25, -0.2) is 13.2 Å². The second-order valence-corrected chi connectivity index (χ2v) is 3.40. The van der Waals surface area contributed by atoms with Gasteiger partial charge in [-0.3, -0.25) is 0 Å². The minimum Gasteiger partial charge on any atom is -1.00 e. The third-order valence-electron chi connectivity index (χ3n) is 2.13. The Balaban J connectivity index is 0.00000162. The zero-order chi connectivity index (χ0) is 12.3. The molecule has 0 aromatic heterocycles. The minimum atomic E-state index is -1.50. The normalized spacial score (nSPS) is 9.21. The monoisotopic (exact) mass is 340 g/mol. The van der Waals surface area contributed by atoms with Crippen LogP contribution in [0.5, 0.6) is 5.75 Å². The van der Waals surface area contributed by atoms with Crippen LogP contribution in [0.15, 0.2) is 36.4 Å². The Morgan fingerprint density at radius 2 is 1.74 bits per heavy atom. The van der Waals surface area contributed by atoms with Crippen LogP contribution in [-0.2, 0) is 6.61 Å². The van der Waals surface area contributed by atoms with E-state index >= 15 is 0 Å². The van der Waals surface area contributed by atoms with Crippen LogP contribution < -0.4 is 21.7 Å². The van der Waals surface area contributed by atoms with E-state index in [1.807, 2.05) is 0 Å². The summed E-state index contributed by atoms with van der Waals surface area (Å²) < 4.78 is 43.5. The first-order valence-electron chi connectivity index (χ1n) is 4.89. The van der Waals surface area contributed by atoms with E-state index in [9.17, 15) is 13.2 Å². The molecule has 0 fully saturated rings. The molecular formula is C13H8BrF3MgO. The fourth-order valence-electron chi connectivity index (χ4n) is 1.30. The Labute approximate surface area is 135 Å². The molecule has 0 spiro atoms. The summed E-state index contributed by atoms with van der Waals surface area (Å²) in [4.78, 5) is 0. The predicted octanol–water partition coefficient (Wildman–Crippen LogP) is 0.106. The van der Waals surface area contributed by atoms with E-state index in [1.165, 1.54) is 0 Å². The molecule has 0 atom stereocenters. The van der Waals surface area contributed by atoms with Crippen molar-refractivity contribution in [3.63, 3.8) is 0 Å². The molecule has 0 aliphatic rings. The number of hydrogen-bond donors (Lipinski definition) is 0. The van der Waals surface area contributed by atoms with Crippen molar-refractivity contribution in [2.24, 2.45) is 0 Å². The molecule has 0 saturated carbocycles. The molecule has 0 bridgehead atoms. The van der Waals surface area contributed by atoms with Gasteiger partial charge in [0.15, 0.2) is 17.5 Å². The average molecular weight is 341 g/mol. The van der Waals surface area contributed by atoms with Crippen molar-refractivity contribution < 1.29 is 34.9 Å². The molecular weight excluding hydrogens is 333 g/mol. The van der Waals surface area contributed by atoms with Gasteiger partial charge in [-0.15, -0.1) is 5.56 Å². The molecule has 0 aliphatic carbocycles. The maximum atomic E-state index is 12.9. The van der Waals surface area contributed by atoms with Crippen molar-refractivity contribution in [3.8, 4) is 5.75 Å². The van der Waals surface area contributed by atoms with E-state index in [1.54, 1.807) is 24.3 Å². The summed E-state index contributed by atoms with van der Waals surface area (Å²) >= 11 is 0. The van der Waals surface area contributed by atoms with Gasteiger partial charge in [-0.05, 0) is 0 Å². The molecule has 0 heterocycles. The van der Waals surface area contributed by atoms with Crippen molar-refractivity contribution in [3.05, 3.63) is 65.5 Å². The summed E-state index contributed by atoms with van der Waals surface area (Å²) in [5, 5.41) is 0. The van der Waals surface area contributed by atoms with Gasteiger partial charge in [-0.1, -0.05) is 0 Å². The first-order valence-corrected chi connectivity index (χ1v) is 4.89. The van der Waals surface area contributed by atoms with Gasteiger partial charge in [0.05, 0.1) is 6.61 Å². The Morgan fingerprint density at radius 1 is 1.11 bits per heavy atom. The van der Waals surface area contributed by atoms with E-state index in [0.29, 0.717) is 0 Å². The van der Waals surface area contributed by atoms with Crippen LogP contribution in [0.2, 0.25) is 0 Å². The smallest absolute Gasteiger partial charge is 1.00 e. The molecule has 2 aromatic rings. The van der Waals surface area contributed by atoms with Gasteiger partial charge in [0.25, 0.3) is 0 Å². The van der Waals surface area contributed by atoms with Gasteiger partial charge < -0.3 is 21.7 Å². The van der Waals surface area contributed by atoms with Crippen LogP contribution in [0, 0.1) is 23.5 Å². The second-order valence-electron chi connectivity index (χ2n) is 3.40. The molecule has 2 aromatic carbocycles. The maximum absolute atomic E-state index is 12.9. The SMILES string of the molecule is Fc1cc(OCc2c[c-]ccc2)cc(F)c1F.[Br-].[Mg+2]. The molecule has 0 saturated heterocycles. The van der Waals surface area contributed by atoms with Crippen LogP contribution >= 0.6 is 0 Å². The number of halogens is 4. The molecule has 0 unspecified atom stereocenters. The molecule has 0 aliphatic heterocycles. The molecule has 96 valence electrons. The van der Waals surface area contributed by atoms with Crippen molar-refractivity contribution in [1.82, 2.24) is 0 Å². The summed E-state index contributed by atoms with van der Waals surface area (Å²) in [7, 11) is 0. The third-order valence-corrected chi connectivity index (χ3v) is 2.13. The fraction of sp³-hybridized carbons (Fsp3) is 0.0769. The number of rotatable bonds is 3. The Morgan fingerprint density at radius 3 is 2.26 bits per heavy atom. The zero-order valence-corrected chi connectivity index (χ0v) is 12.8.